The number of hydrogen-bond donors (Lipinski definition) is 0. The van der Waals surface area contributed by atoms with Gasteiger partial charge in [0.2, 0.25) is 0 Å². The Morgan fingerprint density at radius 3 is 2.50 bits per heavy atom. The van der Waals surface area contributed by atoms with Crippen LogP contribution in [0.3, 0.4) is 0 Å². The van der Waals surface area contributed by atoms with Gasteiger partial charge in [0.05, 0.1) is 35.7 Å². The Morgan fingerprint density at radius 1 is 1.09 bits per heavy atom. The lowest BCUT2D eigenvalue weighted by molar-refractivity contribution is -0.114. The van der Waals surface area contributed by atoms with Crippen LogP contribution in [-0.4, -0.2) is 37.4 Å². The fourth-order valence-electron chi connectivity index (χ4n) is 3.10. The van der Waals surface area contributed by atoms with Crippen LogP contribution in [0.15, 0.2) is 53.1 Å². The summed E-state index contributed by atoms with van der Waals surface area (Å²) >= 11 is 0. The Bertz CT molecular complexity index is 1110. The summed E-state index contributed by atoms with van der Waals surface area (Å²) in [5.41, 5.74) is 2.77. The van der Waals surface area contributed by atoms with Crippen LogP contribution in [-0.2, 0) is 9.53 Å². The molecule has 0 unspecified atom stereocenters. The van der Waals surface area contributed by atoms with Crippen LogP contribution in [0.1, 0.15) is 36.7 Å². The normalized spacial score (nSPS) is 14.2. The van der Waals surface area contributed by atoms with Gasteiger partial charge in [-0.1, -0.05) is 12.0 Å². The highest BCUT2D eigenvalue weighted by Gasteiger charge is 2.29. The van der Waals surface area contributed by atoms with Crippen LogP contribution < -0.4 is 14.5 Å². The lowest BCUT2D eigenvalue weighted by Gasteiger charge is -2.13. The van der Waals surface area contributed by atoms with Crippen LogP contribution in [0.4, 0.5) is 5.69 Å². The highest BCUT2D eigenvalue weighted by Crippen LogP contribution is 2.31. The molecule has 0 aromatic heterocycles. The molecule has 3 rings (SSSR count). The van der Waals surface area contributed by atoms with Crippen molar-refractivity contribution >= 4 is 29.4 Å². The molecule has 1 aliphatic rings. The summed E-state index contributed by atoms with van der Waals surface area (Å²) in [5, 5.41) is 5.69. The molecular formula is C25H24N2O5. The Kier molecular flexibility index (Phi) is 7.29. The fraction of sp³-hybridized carbons (Fsp3) is 0.240. The molecule has 0 saturated heterocycles. The quantitative estimate of drug-likeness (QED) is 0.357. The molecule has 2 aromatic rings. The van der Waals surface area contributed by atoms with Crippen LogP contribution in [0.2, 0.25) is 0 Å². The SMILES string of the molecule is C#CCOc1ccc(C=C2C(=O)N(c3ccc(C(=O)OCC)cc3)N=C2C)cc1OCC. The first kappa shape index (κ1) is 22.6. The van der Waals surface area contributed by atoms with Crippen LogP contribution in [0.5, 0.6) is 11.5 Å². The van der Waals surface area contributed by atoms with Gasteiger partial charge in [0.15, 0.2) is 11.5 Å². The van der Waals surface area contributed by atoms with Crippen molar-refractivity contribution in [2.75, 3.05) is 24.8 Å². The molecule has 1 aliphatic heterocycles. The number of hydrogen-bond acceptors (Lipinski definition) is 6. The molecule has 1 heterocycles. The predicted molar refractivity (Wildman–Crippen MR) is 123 cm³/mol. The maximum Gasteiger partial charge on any atom is 0.338 e. The molecule has 7 nitrogen and oxygen atoms in total. The molecule has 2 aromatic carbocycles. The number of benzene rings is 2. The third kappa shape index (κ3) is 4.98. The largest absolute Gasteiger partial charge is 0.490 e. The molecular weight excluding hydrogens is 408 g/mol. The molecule has 1 amide bonds. The van der Waals surface area contributed by atoms with Gasteiger partial charge in [-0.05, 0) is 68.8 Å². The molecule has 0 aliphatic carbocycles. The second-order valence-electron chi connectivity index (χ2n) is 6.76. The molecule has 0 radical (unpaired) electrons. The first-order chi connectivity index (χ1) is 15.5. The zero-order valence-corrected chi connectivity index (χ0v) is 18.3. The van der Waals surface area contributed by atoms with Crippen molar-refractivity contribution in [3.63, 3.8) is 0 Å². The number of carbonyl (C=O) groups excluding carboxylic acids is 2. The topological polar surface area (TPSA) is 77.4 Å². The summed E-state index contributed by atoms with van der Waals surface area (Å²) in [6, 6.07) is 11.9. The lowest BCUT2D eigenvalue weighted by Crippen LogP contribution is -2.21. The summed E-state index contributed by atoms with van der Waals surface area (Å²) < 4.78 is 16.1. The summed E-state index contributed by atoms with van der Waals surface area (Å²) in [4.78, 5) is 24.9. The van der Waals surface area contributed by atoms with Gasteiger partial charge in [0, 0.05) is 0 Å². The van der Waals surface area contributed by atoms with Crippen molar-refractivity contribution in [3.8, 4) is 23.8 Å². The summed E-state index contributed by atoms with van der Waals surface area (Å²) in [6.07, 6.45) is 7.02. The number of hydrazone groups is 1. The standard InChI is InChI=1S/C25H24N2O5/c1-5-14-32-22-13-8-18(16-23(22)30-6-2)15-21-17(4)26-27(24(21)28)20-11-9-19(10-12-20)25(29)31-7-3/h1,8-13,15-16H,6-7,14H2,2-4H3. The molecule has 164 valence electrons. The summed E-state index contributed by atoms with van der Waals surface area (Å²) in [7, 11) is 0. The number of carbonyl (C=O) groups is 2. The molecule has 7 heteroatoms. The minimum absolute atomic E-state index is 0.134. The number of anilines is 1. The van der Waals surface area contributed by atoms with Crippen LogP contribution in [0, 0.1) is 12.3 Å². The van der Waals surface area contributed by atoms with Gasteiger partial charge in [-0.2, -0.15) is 10.1 Å². The second-order valence-corrected chi connectivity index (χ2v) is 6.76. The van der Waals surface area contributed by atoms with E-state index < -0.39 is 5.97 Å². The van der Waals surface area contributed by atoms with Crippen LogP contribution >= 0.6 is 0 Å². The zero-order valence-electron chi connectivity index (χ0n) is 18.3. The highest BCUT2D eigenvalue weighted by molar-refractivity contribution is 6.32. The lowest BCUT2D eigenvalue weighted by atomic mass is 10.1. The van der Waals surface area contributed by atoms with E-state index in [1.165, 1.54) is 5.01 Å². The van der Waals surface area contributed by atoms with Crippen molar-refractivity contribution in [1.82, 2.24) is 0 Å². The number of terminal acetylenes is 1. The van der Waals surface area contributed by atoms with E-state index in [0.29, 0.717) is 47.2 Å². The Labute approximate surface area is 187 Å². The van der Waals surface area contributed by atoms with Crippen molar-refractivity contribution in [1.29, 1.82) is 0 Å². The van der Waals surface area contributed by atoms with Gasteiger partial charge >= 0.3 is 5.97 Å². The number of rotatable bonds is 8. The Morgan fingerprint density at radius 2 is 1.84 bits per heavy atom. The first-order valence-electron chi connectivity index (χ1n) is 10.2. The van der Waals surface area contributed by atoms with Crippen molar-refractivity contribution in [3.05, 3.63) is 59.2 Å². The zero-order chi connectivity index (χ0) is 23.1. The molecule has 0 bridgehead atoms. The van der Waals surface area contributed by atoms with Crippen molar-refractivity contribution in [2.24, 2.45) is 5.10 Å². The third-order valence-corrected chi connectivity index (χ3v) is 4.58. The number of esters is 1. The fourth-order valence-corrected chi connectivity index (χ4v) is 3.10. The van der Waals surface area contributed by atoms with E-state index in [4.69, 9.17) is 20.6 Å². The van der Waals surface area contributed by atoms with Gasteiger partial charge in [-0.25, -0.2) is 4.79 Å². The molecule has 0 atom stereocenters. The average Bonchev–Trinajstić information content (AvgIpc) is 3.07. The number of ether oxygens (including phenoxy) is 3. The minimum Gasteiger partial charge on any atom is -0.490 e. The second kappa shape index (κ2) is 10.3. The monoisotopic (exact) mass is 432 g/mol. The minimum atomic E-state index is -0.410. The smallest absolute Gasteiger partial charge is 0.338 e. The van der Waals surface area contributed by atoms with E-state index in [-0.39, 0.29) is 12.5 Å². The van der Waals surface area contributed by atoms with E-state index in [1.54, 1.807) is 56.3 Å². The average molecular weight is 432 g/mol. The molecule has 0 fully saturated rings. The Balaban J connectivity index is 1.84. The van der Waals surface area contributed by atoms with Gasteiger partial charge in [0.25, 0.3) is 5.91 Å². The maximum atomic E-state index is 13.0. The van der Waals surface area contributed by atoms with Crippen molar-refractivity contribution in [2.45, 2.75) is 20.8 Å². The van der Waals surface area contributed by atoms with E-state index >= 15 is 0 Å². The Hall–Kier alpha value is -4.05. The van der Waals surface area contributed by atoms with E-state index in [1.807, 2.05) is 13.0 Å². The molecule has 0 N–H and O–H groups in total. The predicted octanol–water partition coefficient (Wildman–Crippen LogP) is 4.08. The number of amides is 1. The van der Waals surface area contributed by atoms with E-state index in [2.05, 4.69) is 11.0 Å². The highest BCUT2D eigenvalue weighted by atomic mass is 16.5. The van der Waals surface area contributed by atoms with Crippen molar-refractivity contribution < 1.29 is 23.8 Å². The molecule has 0 spiro atoms. The molecule has 0 saturated carbocycles. The van der Waals surface area contributed by atoms with Gasteiger partial charge < -0.3 is 14.2 Å². The summed E-state index contributed by atoms with van der Waals surface area (Å²) in [6.45, 7) is 6.28. The van der Waals surface area contributed by atoms with E-state index in [0.717, 1.165) is 5.56 Å². The maximum absolute atomic E-state index is 13.0. The summed E-state index contributed by atoms with van der Waals surface area (Å²) in [5.74, 6) is 2.83. The van der Waals surface area contributed by atoms with Gasteiger partial charge in [-0.15, -0.1) is 6.42 Å². The molecule has 32 heavy (non-hydrogen) atoms. The van der Waals surface area contributed by atoms with E-state index in [9.17, 15) is 9.59 Å². The first-order valence-corrected chi connectivity index (χ1v) is 10.2. The van der Waals surface area contributed by atoms with Crippen LogP contribution in [0.25, 0.3) is 6.08 Å². The van der Waals surface area contributed by atoms with Gasteiger partial charge in [0.1, 0.15) is 6.61 Å². The number of nitrogens with zero attached hydrogens (tertiary/aromatic N) is 2. The third-order valence-electron chi connectivity index (χ3n) is 4.58. The van der Waals surface area contributed by atoms with Gasteiger partial charge in [-0.3, -0.25) is 4.79 Å².